The Labute approximate surface area is 106 Å². The summed E-state index contributed by atoms with van der Waals surface area (Å²) in [5.74, 6) is 0.539. The Morgan fingerprint density at radius 1 is 1.41 bits per heavy atom. The molecule has 0 saturated heterocycles. The van der Waals surface area contributed by atoms with Crippen molar-refractivity contribution in [3.63, 3.8) is 0 Å². The van der Waals surface area contributed by atoms with Crippen molar-refractivity contribution < 1.29 is 9.53 Å². The quantitative estimate of drug-likeness (QED) is 0.791. The molecule has 1 aliphatic rings. The first-order chi connectivity index (χ1) is 8.25. The average Bonchev–Trinajstić information content (AvgIpc) is 3.12. The number of esters is 1. The van der Waals surface area contributed by atoms with Gasteiger partial charge in [0.25, 0.3) is 0 Å². The first-order valence-electron chi connectivity index (χ1n) is 5.85. The molecule has 1 fully saturated rings. The molecule has 17 heavy (non-hydrogen) atoms. The van der Waals surface area contributed by atoms with Gasteiger partial charge in [0.15, 0.2) is 0 Å². The molecular formula is C13H16ClNO2. The van der Waals surface area contributed by atoms with Crippen LogP contribution in [0.5, 0.6) is 0 Å². The fourth-order valence-electron chi connectivity index (χ4n) is 1.53. The summed E-state index contributed by atoms with van der Waals surface area (Å²) in [4.78, 5) is 11.4. The van der Waals surface area contributed by atoms with Crippen molar-refractivity contribution in [3.8, 4) is 0 Å². The lowest BCUT2D eigenvalue weighted by Crippen LogP contribution is -2.26. The predicted octanol–water partition coefficient (Wildman–Crippen LogP) is 2.38. The van der Waals surface area contributed by atoms with E-state index in [1.807, 2.05) is 18.2 Å². The Bertz CT molecular complexity index is 391. The fraction of sp³-hybridized carbons (Fsp3) is 0.462. The summed E-state index contributed by atoms with van der Waals surface area (Å²) < 4.78 is 5.13. The van der Waals surface area contributed by atoms with Crippen molar-refractivity contribution >= 4 is 17.6 Å². The standard InChI is InChI=1S/C13H16ClNO2/c14-12-4-2-1-3-11(12)9-17-13(16)8-15-7-10-5-6-10/h1-4,10,15H,5-9H2. The van der Waals surface area contributed by atoms with Crippen LogP contribution in [0.4, 0.5) is 0 Å². The van der Waals surface area contributed by atoms with Gasteiger partial charge in [-0.15, -0.1) is 0 Å². The molecule has 4 heteroatoms. The van der Waals surface area contributed by atoms with Crippen molar-refractivity contribution in [2.75, 3.05) is 13.1 Å². The van der Waals surface area contributed by atoms with Crippen LogP contribution in [0.15, 0.2) is 24.3 Å². The Morgan fingerprint density at radius 3 is 2.88 bits per heavy atom. The Kier molecular flexibility index (Phi) is 4.40. The van der Waals surface area contributed by atoms with Crippen LogP contribution in [0.2, 0.25) is 5.02 Å². The van der Waals surface area contributed by atoms with E-state index in [9.17, 15) is 4.79 Å². The largest absolute Gasteiger partial charge is 0.460 e. The number of benzene rings is 1. The number of carbonyl (C=O) groups excluding carboxylic acids is 1. The molecular weight excluding hydrogens is 238 g/mol. The van der Waals surface area contributed by atoms with E-state index in [1.165, 1.54) is 12.8 Å². The van der Waals surface area contributed by atoms with E-state index in [2.05, 4.69) is 5.32 Å². The molecule has 0 heterocycles. The molecule has 1 aromatic rings. The van der Waals surface area contributed by atoms with E-state index in [0.717, 1.165) is 18.0 Å². The van der Waals surface area contributed by atoms with Gasteiger partial charge in [-0.05, 0) is 31.4 Å². The minimum absolute atomic E-state index is 0.231. The van der Waals surface area contributed by atoms with E-state index in [-0.39, 0.29) is 19.1 Å². The van der Waals surface area contributed by atoms with Crippen molar-refractivity contribution in [2.45, 2.75) is 19.4 Å². The van der Waals surface area contributed by atoms with E-state index in [0.29, 0.717) is 5.02 Å². The number of ether oxygens (including phenoxy) is 1. The van der Waals surface area contributed by atoms with Crippen molar-refractivity contribution in [1.29, 1.82) is 0 Å². The van der Waals surface area contributed by atoms with Gasteiger partial charge in [0.1, 0.15) is 6.61 Å². The molecule has 1 aliphatic carbocycles. The molecule has 0 aliphatic heterocycles. The first-order valence-corrected chi connectivity index (χ1v) is 6.23. The minimum atomic E-state index is -0.231. The maximum Gasteiger partial charge on any atom is 0.320 e. The second kappa shape index (κ2) is 6.03. The van der Waals surface area contributed by atoms with Crippen molar-refractivity contribution in [1.82, 2.24) is 5.32 Å². The van der Waals surface area contributed by atoms with Crippen LogP contribution >= 0.6 is 11.6 Å². The van der Waals surface area contributed by atoms with Gasteiger partial charge in [-0.2, -0.15) is 0 Å². The second-order valence-electron chi connectivity index (χ2n) is 4.33. The van der Waals surface area contributed by atoms with Gasteiger partial charge in [-0.25, -0.2) is 0 Å². The van der Waals surface area contributed by atoms with Gasteiger partial charge in [-0.1, -0.05) is 29.8 Å². The number of rotatable bonds is 6. The number of hydrogen-bond acceptors (Lipinski definition) is 3. The molecule has 0 aromatic heterocycles. The van der Waals surface area contributed by atoms with E-state index in [4.69, 9.17) is 16.3 Å². The van der Waals surface area contributed by atoms with Crippen LogP contribution in [-0.4, -0.2) is 19.1 Å². The third kappa shape index (κ3) is 4.36. The number of halogens is 1. The SMILES string of the molecule is O=C(CNCC1CC1)OCc1ccccc1Cl. The molecule has 1 N–H and O–H groups in total. The summed E-state index contributed by atoms with van der Waals surface area (Å²) in [6.07, 6.45) is 2.56. The molecule has 0 bridgehead atoms. The highest BCUT2D eigenvalue weighted by atomic mass is 35.5. The normalized spacial score (nSPS) is 14.6. The lowest BCUT2D eigenvalue weighted by Gasteiger charge is -2.07. The summed E-state index contributed by atoms with van der Waals surface area (Å²) in [5.41, 5.74) is 0.838. The molecule has 2 rings (SSSR count). The topological polar surface area (TPSA) is 38.3 Å². The van der Waals surface area contributed by atoms with Gasteiger partial charge in [0, 0.05) is 10.6 Å². The van der Waals surface area contributed by atoms with Crippen molar-refractivity contribution in [3.05, 3.63) is 34.9 Å². The van der Waals surface area contributed by atoms with E-state index in [1.54, 1.807) is 6.07 Å². The highest BCUT2D eigenvalue weighted by molar-refractivity contribution is 6.31. The zero-order chi connectivity index (χ0) is 12.1. The van der Waals surface area contributed by atoms with Crippen LogP contribution in [-0.2, 0) is 16.1 Å². The fourth-order valence-corrected chi connectivity index (χ4v) is 1.72. The smallest absolute Gasteiger partial charge is 0.320 e. The van der Waals surface area contributed by atoms with Gasteiger partial charge in [0.2, 0.25) is 0 Å². The summed E-state index contributed by atoms with van der Waals surface area (Å²) in [7, 11) is 0. The van der Waals surface area contributed by atoms with Crippen LogP contribution in [0.25, 0.3) is 0 Å². The third-order valence-corrected chi connectivity index (χ3v) is 3.11. The predicted molar refractivity (Wildman–Crippen MR) is 66.8 cm³/mol. The summed E-state index contributed by atoms with van der Waals surface area (Å²) in [5, 5.41) is 3.72. The summed E-state index contributed by atoms with van der Waals surface area (Å²) in [6.45, 7) is 1.44. The number of hydrogen-bond donors (Lipinski definition) is 1. The van der Waals surface area contributed by atoms with E-state index >= 15 is 0 Å². The molecule has 0 amide bonds. The maximum atomic E-state index is 11.4. The number of carbonyl (C=O) groups is 1. The molecule has 0 spiro atoms. The second-order valence-corrected chi connectivity index (χ2v) is 4.73. The molecule has 3 nitrogen and oxygen atoms in total. The number of nitrogens with one attached hydrogen (secondary N) is 1. The Balaban J connectivity index is 1.66. The van der Waals surface area contributed by atoms with Crippen LogP contribution in [0, 0.1) is 5.92 Å². The zero-order valence-electron chi connectivity index (χ0n) is 9.62. The summed E-state index contributed by atoms with van der Waals surface area (Å²) in [6, 6.07) is 7.37. The highest BCUT2D eigenvalue weighted by Gasteiger charge is 2.20. The molecule has 0 atom stereocenters. The van der Waals surface area contributed by atoms with Gasteiger partial charge >= 0.3 is 5.97 Å². The molecule has 1 aromatic carbocycles. The molecule has 0 radical (unpaired) electrons. The Hall–Kier alpha value is -1.06. The van der Waals surface area contributed by atoms with Gasteiger partial charge in [-0.3, -0.25) is 4.79 Å². The van der Waals surface area contributed by atoms with Crippen LogP contribution in [0.1, 0.15) is 18.4 Å². The minimum Gasteiger partial charge on any atom is -0.460 e. The van der Waals surface area contributed by atoms with Gasteiger partial charge in [0.05, 0.1) is 6.54 Å². The maximum absolute atomic E-state index is 11.4. The average molecular weight is 254 g/mol. The monoisotopic (exact) mass is 253 g/mol. The first kappa shape index (κ1) is 12.4. The van der Waals surface area contributed by atoms with E-state index < -0.39 is 0 Å². The molecule has 0 unspecified atom stereocenters. The van der Waals surface area contributed by atoms with Crippen LogP contribution < -0.4 is 5.32 Å². The van der Waals surface area contributed by atoms with Gasteiger partial charge < -0.3 is 10.1 Å². The highest BCUT2D eigenvalue weighted by Crippen LogP contribution is 2.27. The van der Waals surface area contributed by atoms with Crippen molar-refractivity contribution in [2.24, 2.45) is 5.92 Å². The zero-order valence-corrected chi connectivity index (χ0v) is 10.4. The molecule has 92 valence electrons. The Morgan fingerprint density at radius 2 is 2.18 bits per heavy atom. The lowest BCUT2D eigenvalue weighted by molar-refractivity contribution is -0.143. The van der Waals surface area contributed by atoms with Crippen LogP contribution in [0.3, 0.4) is 0 Å². The summed E-state index contributed by atoms with van der Waals surface area (Å²) >= 11 is 5.95. The molecule has 1 saturated carbocycles. The third-order valence-electron chi connectivity index (χ3n) is 2.75. The lowest BCUT2D eigenvalue weighted by atomic mass is 10.2.